The SMILES string of the molecule is C[C@@H](NC(=O)C(C)(C)C(C)(C)N)c1ccc(Cl)cc1. The molecule has 3 N–H and O–H groups in total. The van der Waals surface area contributed by atoms with E-state index in [0.717, 1.165) is 5.56 Å². The molecule has 0 saturated heterocycles. The van der Waals surface area contributed by atoms with Gasteiger partial charge >= 0.3 is 0 Å². The molecule has 0 saturated carbocycles. The minimum Gasteiger partial charge on any atom is -0.349 e. The highest BCUT2D eigenvalue weighted by atomic mass is 35.5. The van der Waals surface area contributed by atoms with Crippen LogP contribution in [-0.4, -0.2) is 11.4 Å². The van der Waals surface area contributed by atoms with Gasteiger partial charge in [0.05, 0.1) is 11.5 Å². The summed E-state index contributed by atoms with van der Waals surface area (Å²) >= 11 is 5.85. The Balaban J connectivity index is 2.80. The van der Waals surface area contributed by atoms with Crippen LogP contribution in [0.5, 0.6) is 0 Å². The van der Waals surface area contributed by atoms with Crippen LogP contribution in [0.1, 0.15) is 46.2 Å². The van der Waals surface area contributed by atoms with Gasteiger partial charge in [0.25, 0.3) is 0 Å². The molecular weight excluding hydrogens is 260 g/mol. The maximum atomic E-state index is 12.3. The molecule has 1 amide bonds. The average molecular weight is 283 g/mol. The lowest BCUT2D eigenvalue weighted by Gasteiger charge is -2.37. The molecule has 1 aromatic carbocycles. The number of nitrogens with one attached hydrogen (secondary N) is 1. The Morgan fingerprint density at radius 1 is 1.21 bits per heavy atom. The molecule has 0 aliphatic rings. The fourth-order valence-corrected chi connectivity index (χ4v) is 1.63. The Labute approximate surface area is 120 Å². The molecule has 3 nitrogen and oxygen atoms in total. The Hall–Kier alpha value is -1.06. The van der Waals surface area contributed by atoms with Crippen LogP contribution in [0.4, 0.5) is 0 Å². The van der Waals surface area contributed by atoms with E-state index in [4.69, 9.17) is 17.3 Å². The second kappa shape index (κ2) is 5.51. The van der Waals surface area contributed by atoms with E-state index in [0.29, 0.717) is 5.02 Å². The first kappa shape index (κ1) is 16.0. The fourth-order valence-electron chi connectivity index (χ4n) is 1.50. The van der Waals surface area contributed by atoms with E-state index in [2.05, 4.69) is 5.32 Å². The van der Waals surface area contributed by atoms with E-state index in [1.165, 1.54) is 0 Å². The number of carbonyl (C=O) groups is 1. The van der Waals surface area contributed by atoms with Gasteiger partial charge in [0.2, 0.25) is 5.91 Å². The van der Waals surface area contributed by atoms with Crippen LogP contribution in [0.15, 0.2) is 24.3 Å². The topological polar surface area (TPSA) is 55.1 Å². The number of carbonyl (C=O) groups excluding carboxylic acids is 1. The van der Waals surface area contributed by atoms with Gasteiger partial charge in [-0.1, -0.05) is 23.7 Å². The summed E-state index contributed by atoms with van der Waals surface area (Å²) in [5.74, 6) is -0.0533. The summed E-state index contributed by atoms with van der Waals surface area (Å²) in [6.45, 7) is 9.38. The van der Waals surface area contributed by atoms with Crippen LogP contribution >= 0.6 is 11.6 Å². The predicted molar refractivity (Wildman–Crippen MR) is 80.1 cm³/mol. The summed E-state index contributed by atoms with van der Waals surface area (Å²) in [5, 5.41) is 3.69. The lowest BCUT2D eigenvalue weighted by Crippen LogP contribution is -2.55. The smallest absolute Gasteiger partial charge is 0.227 e. The summed E-state index contributed by atoms with van der Waals surface area (Å²) in [6.07, 6.45) is 0. The van der Waals surface area contributed by atoms with Gasteiger partial charge in [-0.3, -0.25) is 4.79 Å². The number of nitrogens with two attached hydrogens (primary N) is 1. The molecule has 0 fully saturated rings. The highest BCUT2D eigenvalue weighted by Gasteiger charge is 2.40. The van der Waals surface area contributed by atoms with Gasteiger partial charge in [-0.15, -0.1) is 0 Å². The normalized spacial score (nSPS) is 14.1. The van der Waals surface area contributed by atoms with E-state index in [1.54, 1.807) is 0 Å². The first-order valence-corrected chi connectivity index (χ1v) is 6.79. The van der Waals surface area contributed by atoms with Crippen molar-refractivity contribution in [1.82, 2.24) is 5.32 Å². The van der Waals surface area contributed by atoms with E-state index < -0.39 is 11.0 Å². The highest BCUT2D eigenvalue weighted by Crippen LogP contribution is 2.29. The lowest BCUT2D eigenvalue weighted by molar-refractivity contribution is -0.132. The summed E-state index contributed by atoms with van der Waals surface area (Å²) in [5.41, 5.74) is 5.86. The molecule has 1 aromatic rings. The third kappa shape index (κ3) is 3.71. The molecule has 19 heavy (non-hydrogen) atoms. The first-order valence-electron chi connectivity index (χ1n) is 6.41. The van der Waals surface area contributed by atoms with Gasteiger partial charge < -0.3 is 11.1 Å². The maximum absolute atomic E-state index is 12.3. The van der Waals surface area contributed by atoms with Crippen molar-refractivity contribution >= 4 is 17.5 Å². The van der Waals surface area contributed by atoms with E-state index in [9.17, 15) is 4.79 Å². The molecule has 0 unspecified atom stereocenters. The van der Waals surface area contributed by atoms with Crippen molar-refractivity contribution in [3.63, 3.8) is 0 Å². The number of hydrogen-bond donors (Lipinski definition) is 2. The monoisotopic (exact) mass is 282 g/mol. The molecule has 1 rings (SSSR count). The molecule has 106 valence electrons. The Morgan fingerprint density at radius 3 is 2.11 bits per heavy atom. The molecule has 4 heteroatoms. The fraction of sp³-hybridized carbons (Fsp3) is 0.533. The summed E-state index contributed by atoms with van der Waals surface area (Å²) in [6, 6.07) is 7.38. The number of amides is 1. The second-order valence-corrected chi connectivity index (χ2v) is 6.53. The van der Waals surface area contributed by atoms with Crippen molar-refractivity contribution in [2.45, 2.75) is 46.2 Å². The van der Waals surface area contributed by atoms with Gasteiger partial charge in [-0.25, -0.2) is 0 Å². The van der Waals surface area contributed by atoms with Crippen molar-refractivity contribution < 1.29 is 4.79 Å². The molecule has 0 bridgehead atoms. The zero-order valence-corrected chi connectivity index (χ0v) is 13.0. The van der Waals surface area contributed by atoms with Crippen LogP contribution < -0.4 is 11.1 Å². The number of hydrogen-bond acceptors (Lipinski definition) is 2. The summed E-state index contributed by atoms with van der Waals surface area (Å²) in [7, 11) is 0. The molecule has 0 aliphatic heterocycles. The van der Waals surface area contributed by atoms with Crippen LogP contribution in [0.2, 0.25) is 5.02 Å². The lowest BCUT2D eigenvalue weighted by atomic mass is 9.74. The van der Waals surface area contributed by atoms with E-state index >= 15 is 0 Å². The van der Waals surface area contributed by atoms with Gasteiger partial charge in [-0.2, -0.15) is 0 Å². The molecule has 0 radical (unpaired) electrons. The van der Waals surface area contributed by atoms with Gasteiger partial charge in [0.1, 0.15) is 0 Å². The number of halogens is 1. The van der Waals surface area contributed by atoms with Crippen LogP contribution in [0.25, 0.3) is 0 Å². The van der Waals surface area contributed by atoms with Gasteiger partial charge in [-0.05, 0) is 52.3 Å². The maximum Gasteiger partial charge on any atom is 0.227 e. The third-order valence-corrected chi connectivity index (χ3v) is 4.15. The zero-order chi connectivity index (χ0) is 14.8. The number of rotatable bonds is 4. The molecule has 0 spiro atoms. The largest absolute Gasteiger partial charge is 0.349 e. The Morgan fingerprint density at radius 2 is 1.68 bits per heavy atom. The molecule has 1 atom stereocenters. The van der Waals surface area contributed by atoms with Crippen molar-refractivity contribution in [2.24, 2.45) is 11.1 Å². The molecule has 0 aliphatic carbocycles. The molecular formula is C15H23ClN2O. The quantitative estimate of drug-likeness (QED) is 0.890. The van der Waals surface area contributed by atoms with Crippen molar-refractivity contribution in [1.29, 1.82) is 0 Å². The Bertz CT molecular complexity index is 446. The second-order valence-electron chi connectivity index (χ2n) is 6.09. The third-order valence-electron chi connectivity index (χ3n) is 3.90. The summed E-state index contributed by atoms with van der Waals surface area (Å²) in [4.78, 5) is 12.3. The number of benzene rings is 1. The average Bonchev–Trinajstić information content (AvgIpc) is 2.28. The van der Waals surface area contributed by atoms with Crippen molar-refractivity contribution in [3.8, 4) is 0 Å². The standard InChI is InChI=1S/C15H23ClN2O/c1-10(11-6-8-12(16)9-7-11)18-13(19)14(2,3)15(4,5)17/h6-10H,17H2,1-5H3,(H,18,19)/t10-/m1/s1. The zero-order valence-electron chi connectivity index (χ0n) is 12.3. The highest BCUT2D eigenvalue weighted by molar-refractivity contribution is 6.30. The minimum atomic E-state index is -0.645. The van der Waals surface area contributed by atoms with Crippen molar-refractivity contribution in [2.75, 3.05) is 0 Å². The summed E-state index contributed by atoms with van der Waals surface area (Å²) < 4.78 is 0. The van der Waals surface area contributed by atoms with Crippen LogP contribution in [0, 0.1) is 5.41 Å². The molecule has 0 heterocycles. The minimum absolute atomic E-state index is 0.0533. The van der Waals surface area contributed by atoms with E-state index in [-0.39, 0.29) is 11.9 Å². The Kier molecular flexibility index (Phi) is 4.64. The van der Waals surface area contributed by atoms with Crippen LogP contribution in [0.3, 0.4) is 0 Å². The van der Waals surface area contributed by atoms with Crippen molar-refractivity contribution in [3.05, 3.63) is 34.9 Å². The first-order chi connectivity index (χ1) is 8.55. The van der Waals surface area contributed by atoms with Gasteiger partial charge in [0, 0.05) is 10.6 Å². The van der Waals surface area contributed by atoms with Crippen LogP contribution in [-0.2, 0) is 4.79 Å². The van der Waals surface area contributed by atoms with Gasteiger partial charge in [0.15, 0.2) is 0 Å². The predicted octanol–water partition coefficient (Wildman–Crippen LogP) is 3.28. The molecule has 0 aromatic heterocycles. The van der Waals surface area contributed by atoms with E-state index in [1.807, 2.05) is 58.9 Å².